The summed E-state index contributed by atoms with van der Waals surface area (Å²) in [6.07, 6.45) is 8.86. The molecular weight excluding hydrogens is 308 g/mol. The Morgan fingerprint density at radius 3 is 2.75 bits per heavy atom. The van der Waals surface area contributed by atoms with Gasteiger partial charge in [0.15, 0.2) is 5.65 Å². The molecule has 120 valence electrons. The molecule has 0 aromatic carbocycles. The largest absolute Gasteiger partial charge is 0.481 e. The number of hydrogen-bond acceptors (Lipinski definition) is 6. The molecule has 0 radical (unpaired) electrons. The van der Waals surface area contributed by atoms with Crippen LogP contribution in [-0.2, 0) is 0 Å². The van der Waals surface area contributed by atoms with Crippen molar-refractivity contribution in [3.8, 4) is 28.8 Å². The Morgan fingerprint density at radius 2 is 1.92 bits per heavy atom. The van der Waals surface area contributed by atoms with Crippen molar-refractivity contribution in [3.63, 3.8) is 0 Å². The SMILES string of the molecule is COc1ccc(-n2ccnc2-c2cnn3cccnc23)c(OC)n1. The molecule has 8 heteroatoms. The molecule has 4 aromatic rings. The van der Waals surface area contributed by atoms with Gasteiger partial charge in [0, 0.05) is 30.9 Å². The van der Waals surface area contributed by atoms with Crippen LogP contribution in [0.4, 0.5) is 0 Å². The lowest BCUT2D eigenvalue weighted by molar-refractivity contribution is 0.363. The van der Waals surface area contributed by atoms with E-state index in [9.17, 15) is 0 Å². The Bertz CT molecular complexity index is 1010. The normalized spacial score (nSPS) is 10.9. The molecule has 0 bridgehead atoms. The minimum absolute atomic E-state index is 0.443. The summed E-state index contributed by atoms with van der Waals surface area (Å²) in [6.45, 7) is 0. The highest BCUT2D eigenvalue weighted by molar-refractivity contribution is 5.73. The monoisotopic (exact) mass is 322 g/mol. The van der Waals surface area contributed by atoms with E-state index in [0.29, 0.717) is 17.6 Å². The summed E-state index contributed by atoms with van der Waals surface area (Å²) in [4.78, 5) is 13.2. The zero-order valence-electron chi connectivity index (χ0n) is 13.1. The second-order valence-corrected chi connectivity index (χ2v) is 4.95. The summed E-state index contributed by atoms with van der Waals surface area (Å²) in [5.74, 6) is 1.63. The summed E-state index contributed by atoms with van der Waals surface area (Å²) in [5.41, 5.74) is 2.30. The molecule has 4 rings (SSSR count). The van der Waals surface area contributed by atoms with Gasteiger partial charge in [-0.1, -0.05) is 0 Å². The zero-order valence-corrected chi connectivity index (χ0v) is 13.1. The molecule has 0 saturated heterocycles. The topological polar surface area (TPSA) is 79.4 Å². The van der Waals surface area contributed by atoms with Gasteiger partial charge in [-0.25, -0.2) is 14.5 Å². The molecule has 0 amide bonds. The van der Waals surface area contributed by atoms with Gasteiger partial charge in [-0.05, 0) is 12.1 Å². The van der Waals surface area contributed by atoms with Crippen molar-refractivity contribution in [1.29, 1.82) is 0 Å². The van der Waals surface area contributed by atoms with Gasteiger partial charge < -0.3 is 9.47 Å². The van der Waals surface area contributed by atoms with E-state index >= 15 is 0 Å². The van der Waals surface area contributed by atoms with Gasteiger partial charge >= 0.3 is 0 Å². The molecule has 0 atom stereocenters. The zero-order chi connectivity index (χ0) is 16.5. The number of fused-ring (bicyclic) bond motifs is 1. The Morgan fingerprint density at radius 1 is 1.00 bits per heavy atom. The van der Waals surface area contributed by atoms with Crippen LogP contribution in [-0.4, -0.2) is 43.4 Å². The molecule has 0 fully saturated rings. The lowest BCUT2D eigenvalue weighted by Crippen LogP contribution is -2.02. The van der Waals surface area contributed by atoms with Crippen molar-refractivity contribution >= 4 is 5.65 Å². The first kappa shape index (κ1) is 14.2. The summed E-state index contributed by atoms with van der Waals surface area (Å²) >= 11 is 0. The van der Waals surface area contributed by atoms with Crippen LogP contribution in [0.5, 0.6) is 11.8 Å². The van der Waals surface area contributed by atoms with Gasteiger partial charge in [0.2, 0.25) is 11.8 Å². The third-order valence-electron chi connectivity index (χ3n) is 3.64. The van der Waals surface area contributed by atoms with E-state index in [0.717, 1.165) is 16.9 Å². The third-order valence-corrected chi connectivity index (χ3v) is 3.64. The van der Waals surface area contributed by atoms with Gasteiger partial charge in [0.1, 0.15) is 11.5 Å². The summed E-state index contributed by atoms with van der Waals surface area (Å²) in [6, 6.07) is 5.47. The van der Waals surface area contributed by atoms with E-state index < -0.39 is 0 Å². The molecule has 4 aromatic heterocycles. The average Bonchev–Trinajstić information content (AvgIpc) is 3.27. The number of imidazole rings is 1. The first-order chi connectivity index (χ1) is 11.8. The number of aromatic nitrogens is 6. The molecule has 0 unspecified atom stereocenters. The summed E-state index contributed by atoms with van der Waals surface area (Å²) < 4.78 is 14.1. The minimum Gasteiger partial charge on any atom is -0.481 e. The molecule has 0 saturated carbocycles. The van der Waals surface area contributed by atoms with Gasteiger partial charge in [0.05, 0.1) is 26.0 Å². The van der Waals surface area contributed by atoms with Gasteiger partial charge in [-0.2, -0.15) is 10.1 Å². The number of ether oxygens (including phenoxy) is 2. The van der Waals surface area contributed by atoms with Crippen LogP contribution in [0.25, 0.3) is 22.7 Å². The van der Waals surface area contributed by atoms with Crippen LogP contribution in [0, 0.1) is 0 Å². The second-order valence-electron chi connectivity index (χ2n) is 4.95. The molecule has 24 heavy (non-hydrogen) atoms. The van der Waals surface area contributed by atoms with Gasteiger partial charge in [-0.15, -0.1) is 0 Å². The Balaban J connectivity index is 1.90. The molecule has 0 N–H and O–H groups in total. The molecule has 0 aliphatic rings. The third kappa shape index (κ3) is 2.16. The molecule has 0 aliphatic carbocycles. The van der Waals surface area contributed by atoms with Crippen molar-refractivity contribution in [3.05, 3.63) is 49.2 Å². The van der Waals surface area contributed by atoms with Crippen molar-refractivity contribution in [2.75, 3.05) is 14.2 Å². The van der Waals surface area contributed by atoms with Crippen LogP contribution in [0.15, 0.2) is 49.2 Å². The first-order valence-electron chi connectivity index (χ1n) is 7.23. The van der Waals surface area contributed by atoms with Crippen molar-refractivity contribution in [2.24, 2.45) is 0 Å². The molecule has 8 nitrogen and oxygen atoms in total. The quantitative estimate of drug-likeness (QED) is 0.572. The van der Waals surface area contributed by atoms with E-state index in [1.807, 2.05) is 29.1 Å². The van der Waals surface area contributed by atoms with E-state index in [1.165, 1.54) is 0 Å². The highest BCUT2D eigenvalue weighted by Gasteiger charge is 2.17. The predicted octanol–water partition coefficient (Wildman–Crippen LogP) is 1.99. The highest BCUT2D eigenvalue weighted by atomic mass is 16.5. The van der Waals surface area contributed by atoms with Gasteiger partial charge in [-0.3, -0.25) is 4.57 Å². The summed E-state index contributed by atoms with van der Waals surface area (Å²) in [7, 11) is 3.13. The van der Waals surface area contributed by atoms with Crippen LogP contribution in [0.2, 0.25) is 0 Å². The maximum absolute atomic E-state index is 5.40. The number of pyridine rings is 1. The van der Waals surface area contributed by atoms with E-state index in [-0.39, 0.29) is 0 Å². The maximum atomic E-state index is 5.40. The lowest BCUT2D eigenvalue weighted by Gasteiger charge is -2.11. The fourth-order valence-electron chi connectivity index (χ4n) is 2.55. The number of nitrogens with zero attached hydrogens (tertiary/aromatic N) is 6. The maximum Gasteiger partial charge on any atom is 0.241 e. The standard InChI is InChI=1S/C16H14N6O2/c1-23-13-5-4-12(16(20-13)24-2)21-9-7-18-14(21)11-10-19-22-8-3-6-17-15(11)22/h3-10H,1-2H3. The predicted molar refractivity (Wildman–Crippen MR) is 86.4 cm³/mol. The molecule has 0 spiro atoms. The van der Waals surface area contributed by atoms with Crippen LogP contribution in [0.1, 0.15) is 0 Å². The summed E-state index contributed by atoms with van der Waals surface area (Å²) in [5, 5.41) is 4.31. The van der Waals surface area contributed by atoms with Crippen molar-refractivity contribution in [1.82, 2.24) is 29.1 Å². The van der Waals surface area contributed by atoms with Crippen LogP contribution >= 0.6 is 0 Å². The first-order valence-corrected chi connectivity index (χ1v) is 7.23. The Labute approximate surface area is 137 Å². The van der Waals surface area contributed by atoms with Crippen molar-refractivity contribution in [2.45, 2.75) is 0 Å². The minimum atomic E-state index is 0.443. The molecular formula is C16H14N6O2. The van der Waals surface area contributed by atoms with Crippen LogP contribution in [0.3, 0.4) is 0 Å². The Hall–Kier alpha value is -3.42. The second kappa shape index (κ2) is 5.65. The number of rotatable bonds is 4. The highest BCUT2D eigenvalue weighted by Crippen LogP contribution is 2.29. The molecule has 4 heterocycles. The van der Waals surface area contributed by atoms with E-state index in [4.69, 9.17) is 9.47 Å². The lowest BCUT2D eigenvalue weighted by atomic mass is 10.3. The van der Waals surface area contributed by atoms with E-state index in [2.05, 4.69) is 20.1 Å². The van der Waals surface area contributed by atoms with Gasteiger partial charge in [0.25, 0.3) is 0 Å². The number of hydrogen-bond donors (Lipinski definition) is 0. The Kier molecular flexibility index (Phi) is 3.34. The average molecular weight is 322 g/mol. The van der Waals surface area contributed by atoms with E-state index in [1.54, 1.807) is 43.4 Å². The number of methoxy groups -OCH3 is 2. The van der Waals surface area contributed by atoms with Crippen molar-refractivity contribution < 1.29 is 9.47 Å². The fourth-order valence-corrected chi connectivity index (χ4v) is 2.55. The smallest absolute Gasteiger partial charge is 0.241 e. The fraction of sp³-hybridized carbons (Fsp3) is 0.125. The van der Waals surface area contributed by atoms with Crippen LogP contribution < -0.4 is 9.47 Å². The molecule has 0 aliphatic heterocycles.